The summed E-state index contributed by atoms with van der Waals surface area (Å²) in [6, 6.07) is 38.3. The molecule has 0 aromatic heterocycles. The maximum atomic E-state index is 14.8. The molecule has 1 saturated carbocycles. The summed E-state index contributed by atoms with van der Waals surface area (Å²) >= 11 is 0.153. The summed E-state index contributed by atoms with van der Waals surface area (Å²) < 4.78 is 198. The van der Waals surface area contributed by atoms with Gasteiger partial charge in [0.1, 0.15) is 85.5 Å². The van der Waals surface area contributed by atoms with Crippen molar-refractivity contribution in [2.75, 3.05) is 83.3 Å². The molecule has 6 N–H and O–H groups in total. The normalized spacial score (nSPS) is 33.5. The first-order chi connectivity index (χ1) is 57.0. The Bertz CT molecular complexity index is 3780. The lowest BCUT2D eigenvalue weighted by Crippen LogP contribution is -2.78. The first-order valence-corrected chi connectivity index (χ1v) is 44.8. The van der Waals surface area contributed by atoms with Gasteiger partial charge in [-0.15, -0.1) is 13.0 Å². The number of hydrogen-bond acceptors (Lipinski definition) is 39. The highest BCUT2D eigenvalue weighted by Crippen LogP contribution is 2.49. The van der Waals surface area contributed by atoms with Crippen molar-refractivity contribution < 1.29 is 183 Å². The van der Waals surface area contributed by atoms with Crippen molar-refractivity contribution in [3.63, 3.8) is 0 Å². The molecule has 6 aliphatic heterocycles. The quantitative estimate of drug-likeness (QED) is 0.00809. The zero-order chi connectivity index (χ0) is 86.3. The molecule has 1 aliphatic carbocycles. The molecular formula is C74H106O39S4Si2. The molecule has 39 nitrogen and oxygen atoms in total. The van der Waals surface area contributed by atoms with Gasteiger partial charge in [0, 0.05) is 62.8 Å². The Morgan fingerprint density at radius 1 is 0.462 bits per heavy atom. The van der Waals surface area contributed by atoms with Gasteiger partial charge in [-0.25, -0.2) is 29.5 Å². The molecule has 4 aromatic rings. The number of ether oxygens (including phenoxy) is 17. The van der Waals surface area contributed by atoms with E-state index < -0.39 is 227 Å². The SMILES string of the molecule is CCC1(C(=O)O)O[C@@H](O[C@@H]2C(CO[Si](c3ccccc3)(c3ccccc3)C(C)(C)C)O[C@@H](O[C@H]3C(OC)[C@H]4OCC3(C(=O)O)O[C@H]4O[C@@H]3C(CO[Si](c4ccccc4)(c4ccccc4)C(C)(C)C)O[C@H](OC)C(OSOOO)[C@H]3OC)C(OSOOO)[C@H]2OSOOO)C(OC)[C@@H](OC)[C@@H]1O[C@@H]1CC(COS(=O)(=O)O)[C@@H](OC)[C@H](OC)C1OC. The lowest BCUT2D eigenvalue weighted by atomic mass is 9.79. The molecule has 45 heteroatoms. The fourth-order valence-corrected chi connectivity index (χ4v) is 27.7. The minimum absolute atomic E-state index is 0.0117. The first kappa shape index (κ1) is 97.1. The molecule has 7 aliphatic rings. The number of aliphatic carboxylic acids is 2. The molecule has 119 heavy (non-hydrogen) atoms. The molecule has 11 rings (SSSR count). The number of carbonyl (C=O) groups is 2. The first-order valence-electron chi connectivity index (χ1n) is 37.6. The number of hydrogen-bond donors (Lipinski definition) is 6. The largest absolute Gasteiger partial charge is 0.479 e. The topological polar surface area (TPSA) is 457 Å². The minimum Gasteiger partial charge on any atom is -0.479 e. The van der Waals surface area contributed by atoms with Crippen LogP contribution in [0.2, 0.25) is 10.1 Å². The van der Waals surface area contributed by atoms with E-state index in [0.29, 0.717) is 0 Å². The van der Waals surface area contributed by atoms with Crippen LogP contribution in [0.4, 0.5) is 0 Å². The van der Waals surface area contributed by atoms with Gasteiger partial charge in [0.2, 0.25) is 5.60 Å². The van der Waals surface area contributed by atoms with Crippen LogP contribution < -0.4 is 20.7 Å². The molecular weight excluding hydrogens is 1700 g/mol. The van der Waals surface area contributed by atoms with E-state index in [1.807, 2.05) is 142 Å². The summed E-state index contributed by atoms with van der Waals surface area (Å²) in [7, 11) is -1.72. The Labute approximate surface area is 703 Å². The van der Waals surface area contributed by atoms with Crippen LogP contribution in [0.25, 0.3) is 0 Å². The summed E-state index contributed by atoms with van der Waals surface area (Å²) in [4.78, 5) is 29.3. The summed E-state index contributed by atoms with van der Waals surface area (Å²) in [6.07, 6.45) is -34.2. The van der Waals surface area contributed by atoms with Gasteiger partial charge < -0.3 is 99.6 Å². The zero-order valence-corrected chi connectivity index (χ0v) is 73.1. The molecule has 7 fully saturated rings. The number of rotatable bonds is 44. The Morgan fingerprint density at radius 3 is 1.29 bits per heavy atom. The summed E-state index contributed by atoms with van der Waals surface area (Å²) in [5.74, 6) is -4.25. The van der Waals surface area contributed by atoms with Gasteiger partial charge >= 0.3 is 22.3 Å². The maximum absolute atomic E-state index is 14.8. The lowest BCUT2D eigenvalue weighted by Gasteiger charge is -2.57. The fourth-order valence-electron chi connectivity index (χ4n) is 17.2. The molecule has 25 atom stereocenters. The molecule has 6 saturated heterocycles. The third kappa shape index (κ3) is 20.8. The summed E-state index contributed by atoms with van der Waals surface area (Å²) in [6.45, 7) is 11.5. The van der Waals surface area contributed by atoms with E-state index >= 15 is 0 Å². The van der Waals surface area contributed by atoms with Crippen molar-refractivity contribution >= 4 is 96.7 Å². The van der Waals surface area contributed by atoms with E-state index in [4.69, 9.17) is 115 Å². The average molecular weight is 1800 g/mol. The van der Waals surface area contributed by atoms with Crippen LogP contribution in [-0.2, 0) is 154 Å². The molecule has 10 unspecified atom stereocenters. The van der Waals surface area contributed by atoms with Gasteiger partial charge in [0.05, 0.1) is 38.6 Å². The van der Waals surface area contributed by atoms with Crippen LogP contribution in [0.15, 0.2) is 121 Å². The van der Waals surface area contributed by atoms with Crippen molar-refractivity contribution in [3.05, 3.63) is 121 Å². The van der Waals surface area contributed by atoms with Crippen molar-refractivity contribution in [2.45, 2.75) is 218 Å². The zero-order valence-electron chi connectivity index (χ0n) is 67.9. The predicted octanol–water partition coefficient (Wildman–Crippen LogP) is 5.37. The van der Waals surface area contributed by atoms with Gasteiger partial charge in [-0.1, -0.05) is 185 Å². The van der Waals surface area contributed by atoms with Gasteiger partial charge in [-0.2, -0.15) is 8.42 Å². The van der Waals surface area contributed by atoms with E-state index in [1.165, 1.54) is 63.8 Å². The van der Waals surface area contributed by atoms with Crippen molar-refractivity contribution in [1.82, 2.24) is 0 Å². The number of carboxylic acids is 2. The Kier molecular flexibility index (Phi) is 35.4. The van der Waals surface area contributed by atoms with E-state index in [2.05, 4.69) is 40.2 Å². The Balaban J connectivity index is 1.08. The maximum Gasteiger partial charge on any atom is 0.397 e. The minimum atomic E-state index is -5.01. The second-order valence-corrected chi connectivity index (χ2v) is 41.6. The van der Waals surface area contributed by atoms with Crippen LogP contribution in [0, 0.1) is 5.92 Å². The highest BCUT2D eigenvalue weighted by Gasteiger charge is 2.70. The molecule has 2 bridgehead atoms. The van der Waals surface area contributed by atoms with Crippen molar-refractivity contribution in [3.8, 4) is 0 Å². The standard InChI is InChI=1S/C74H106O39S4Si2/c1-16-73(69(75)76)63(97-47-37-42(38-94-117(82,83)84)50(85-8)54(87-10)51(47)86-9)57(89-12)59(91-14)67(103-73)101-53-49(40-96-119(72(5,6)7,45-33-25-19-26-34-45)46-35-27-20-28-36-46)99-66(62(107-116-113-110-81)56(53)105-114-111-108-79)102-64-58(90-13)60-68(104-74(64,41-93-60)70(77)78)100-52-48(98-65(92-15)61(55(52)88-11)106-115-112-109-80)39-95-118(71(2,3)4,43-29-21-17-22-30-43)44-31-23-18-24-32-44/h17-36,42,47-68,79-81H,16,37-41H2,1-15H3,(H,75,76)(H,77,78)(H,82,83,84)/t42?,47-,48?,49?,50-,51?,52-,53-,54+,55+,56+,57-,58?,59?,60-,61?,62?,63+,64+,65+,66+,67-,68-,73?,74?/m1/s1. The van der Waals surface area contributed by atoms with Crippen LogP contribution in [0.3, 0.4) is 0 Å². The molecule has 4 aromatic carbocycles. The summed E-state index contributed by atoms with van der Waals surface area (Å²) in [5, 5.41) is 66.4. The number of carboxylic acid groups (broad SMARTS) is 2. The highest BCUT2D eigenvalue weighted by molar-refractivity contribution is 7.90. The molecule has 0 amide bonds. The van der Waals surface area contributed by atoms with Crippen molar-refractivity contribution in [1.29, 1.82) is 0 Å². The molecule has 0 spiro atoms. The van der Waals surface area contributed by atoms with Crippen LogP contribution in [-0.4, -0.2) is 297 Å². The van der Waals surface area contributed by atoms with E-state index in [1.54, 1.807) is 0 Å². The third-order valence-corrected chi connectivity index (χ3v) is 34.1. The van der Waals surface area contributed by atoms with Gasteiger partial charge in [0.15, 0.2) is 79.9 Å². The van der Waals surface area contributed by atoms with Crippen LogP contribution in [0.1, 0.15) is 61.3 Å². The van der Waals surface area contributed by atoms with E-state index in [9.17, 15) is 48.5 Å². The second-order valence-electron chi connectivity index (χ2n) is 30.5. The smallest absolute Gasteiger partial charge is 0.397 e. The fraction of sp³-hybridized carbons (Fsp3) is 0.649. The number of fused-ring (bicyclic) bond motifs is 3. The molecule has 6 heterocycles. The highest BCUT2D eigenvalue weighted by atomic mass is 32.3. The average Bonchev–Trinajstić information content (AvgIpc) is 0.725. The lowest BCUT2D eigenvalue weighted by molar-refractivity contribution is -0.439. The Morgan fingerprint density at radius 2 is 0.882 bits per heavy atom. The van der Waals surface area contributed by atoms with E-state index in [-0.39, 0.29) is 50.0 Å². The number of methoxy groups -OCH3 is 8. The van der Waals surface area contributed by atoms with Gasteiger partial charge in [0.25, 0.3) is 16.6 Å². The van der Waals surface area contributed by atoms with Crippen molar-refractivity contribution in [2.24, 2.45) is 5.92 Å². The molecule has 0 radical (unpaired) electrons. The van der Waals surface area contributed by atoms with Crippen LogP contribution >= 0.6 is 37.0 Å². The number of benzene rings is 4. The third-order valence-electron chi connectivity index (χ3n) is 22.4. The predicted molar refractivity (Wildman–Crippen MR) is 418 cm³/mol. The van der Waals surface area contributed by atoms with Crippen LogP contribution in [0.5, 0.6) is 0 Å². The Hall–Kier alpha value is -4.07. The van der Waals surface area contributed by atoms with E-state index in [0.717, 1.165) is 20.7 Å². The molecule has 668 valence electrons. The van der Waals surface area contributed by atoms with Gasteiger partial charge in [-0.05, 0) is 43.7 Å². The monoisotopic (exact) mass is 1800 g/mol. The summed E-state index contributed by atoms with van der Waals surface area (Å²) in [5.41, 5.74) is -5.23. The second kappa shape index (κ2) is 43.4. The van der Waals surface area contributed by atoms with Gasteiger partial charge in [-0.3, -0.25) is 17.1 Å².